The highest BCUT2D eigenvalue weighted by Gasteiger charge is 2.17. The molecular weight excluding hydrogens is 432 g/mol. The standard InChI is InChI=1S/C25H26N6O3/c1-17-20(24(33)29-25(27-17)30-12-14-34-15-13-30)10-11-23(32)28-18-6-8-19(9-7-18)31-16-26-21-4-2-3-5-22(21)31/h2-9,16H,10-15H2,1H3,(H,28,32)(H,27,29,33). The molecule has 0 spiro atoms. The van der Waals surface area contributed by atoms with E-state index in [0.29, 0.717) is 55.6 Å². The predicted molar refractivity (Wildman–Crippen MR) is 131 cm³/mol. The largest absolute Gasteiger partial charge is 0.378 e. The topological polar surface area (TPSA) is 105 Å². The van der Waals surface area contributed by atoms with Crippen LogP contribution in [0.5, 0.6) is 0 Å². The number of ether oxygens (including phenoxy) is 1. The molecule has 2 aromatic heterocycles. The molecule has 1 amide bonds. The Kier molecular flexibility index (Phi) is 6.09. The second kappa shape index (κ2) is 9.48. The summed E-state index contributed by atoms with van der Waals surface area (Å²) < 4.78 is 7.36. The Morgan fingerprint density at radius 2 is 1.88 bits per heavy atom. The third kappa shape index (κ3) is 4.55. The first-order valence-electron chi connectivity index (χ1n) is 11.3. The van der Waals surface area contributed by atoms with Gasteiger partial charge in [-0.3, -0.25) is 19.1 Å². The van der Waals surface area contributed by atoms with Gasteiger partial charge in [0.2, 0.25) is 11.9 Å². The number of aromatic nitrogens is 4. The minimum absolute atomic E-state index is 0.156. The number of nitrogens with zero attached hydrogens (tertiary/aromatic N) is 4. The normalized spacial score (nSPS) is 13.9. The number of nitrogens with one attached hydrogen (secondary N) is 2. The van der Waals surface area contributed by atoms with Crippen molar-refractivity contribution < 1.29 is 9.53 Å². The van der Waals surface area contributed by atoms with Crippen molar-refractivity contribution in [3.05, 3.63) is 76.5 Å². The molecule has 1 aliphatic heterocycles. The summed E-state index contributed by atoms with van der Waals surface area (Å²) in [4.78, 5) is 39.0. The first-order chi connectivity index (χ1) is 16.6. The Balaban J connectivity index is 1.21. The van der Waals surface area contributed by atoms with Crippen LogP contribution in [0.25, 0.3) is 16.7 Å². The minimum Gasteiger partial charge on any atom is -0.378 e. The summed E-state index contributed by atoms with van der Waals surface area (Å²) >= 11 is 0. The molecular formula is C25H26N6O3. The monoisotopic (exact) mass is 458 g/mol. The van der Waals surface area contributed by atoms with Gasteiger partial charge in [0.05, 0.1) is 24.2 Å². The first-order valence-corrected chi connectivity index (χ1v) is 11.3. The lowest BCUT2D eigenvalue weighted by molar-refractivity contribution is -0.116. The number of fused-ring (bicyclic) bond motifs is 1. The molecule has 34 heavy (non-hydrogen) atoms. The van der Waals surface area contributed by atoms with Gasteiger partial charge in [0.25, 0.3) is 5.56 Å². The van der Waals surface area contributed by atoms with E-state index in [4.69, 9.17) is 4.74 Å². The number of imidazole rings is 1. The van der Waals surface area contributed by atoms with Gasteiger partial charge < -0.3 is 15.0 Å². The van der Waals surface area contributed by atoms with E-state index in [0.717, 1.165) is 16.7 Å². The van der Waals surface area contributed by atoms with Gasteiger partial charge in [0, 0.05) is 42.1 Å². The van der Waals surface area contributed by atoms with Crippen LogP contribution >= 0.6 is 0 Å². The number of morpholine rings is 1. The van der Waals surface area contributed by atoms with Crippen molar-refractivity contribution in [2.75, 3.05) is 36.5 Å². The fraction of sp³-hybridized carbons (Fsp3) is 0.280. The number of carbonyl (C=O) groups excluding carboxylic acids is 1. The smallest absolute Gasteiger partial charge is 0.255 e. The average molecular weight is 459 g/mol. The van der Waals surface area contributed by atoms with Crippen LogP contribution in [0.15, 0.2) is 59.7 Å². The Labute approximate surface area is 196 Å². The number of amides is 1. The Morgan fingerprint density at radius 1 is 1.12 bits per heavy atom. The van der Waals surface area contributed by atoms with Crippen LogP contribution in [-0.4, -0.2) is 51.7 Å². The van der Waals surface area contributed by atoms with E-state index in [2.05, 4.69) is 20.3 Å². The molecule has 0 aliphatic carbocycles. The van der Waals surface area contributed by atoms with Crippen LogP contribution in [0, 0.1) is 6.92 Å². The molecule has 0 unspecified atom stereocenters. The van der Waals surface area contributed by atoms with Crippen molar-refractivity contribution in [3.63, 3.8) is 0 Å². The summed E-state index contributed by atoms with van der Waals surface area (Å²) in [5.74, 6) is 0.404. The fourth-order valence-corrected chi connectivity index (χ4v) is 4.15. The highest BCUT2D eigenvalue weighted by atomic mass is 16.5. The van der Waals surface area contributed by atoms with Gasteiger partial charge in [-0.15, -0.1) is 0 Å². The van der Waals surface area contributed by atoms with E-state index < -0.39 is 0 Å². The molecule has 2 N–H and O–H groups in total. The molecule has 1 saturated heterocycles. The minimum atomic E-state index is -0.196. The zero-order chi connectivity index (χ0) is 23.5. The van der Waals surface area contributed by atoms with Crippen molar-refractivity contribution in [1.29, 1.82) is 0 Å². The maximum Gasteiger partial charge on any atom is 0.255 e. The summed E-state index contributed by atoms with van der Waals surface area (Å²) in [5, 5.41) is 2.91. The number of carbonyl (C=O) groups is 1. The highest BCUT2D eigenvalue weighted by Crippen LogP contribution is 2.20. The lowest BCUT2D eigenvalue weighted by atomic mass is 10.1. The molecule has 4 aromatic rings. The van der Waals surface area contributed by atoms with Crippen LogP contribution in [0.2, 0.25) is 0 Å². The average Bonchev–Trinajstić information content (AvgIpc) is 3.29. The molecule has 9 heteroatoms. The van der Waals surface area contributed by atoms with Gasteiger partial charge in [-0.1, -0.05) is 12.1 Å². The second-order valence-electron chi connectivity index (χ2n) is 8.25. The number of benzene rings is 2. The summed E-state index contributed by atoms with van der Waals surface area (Å²) in [7, 11) is 0. The van der Waals surface area contributed by atoms with Crippen LogP contribution in [0.3, 0.4) is 0 Å². The zero-order valence-corrected chi connectivity index (χ0v) is 19.0. The van der Waals surface area contributed by atoms with Gasteiger partial charge in [-0.05, 0) is 49.7 Å². The van der Waals surface area contributed by atoms with E-state index >= 15 is 0 Å². The highest BCUT2D eigenvalue weighted by molar-refractivity contribution is 5.91. The lowest BCUT2D eigenvalue weighted by Gasteiger charge is -2.27. The molecule has 3 heterocycles. The van der Waals surface area contributed by atoms with Crippen LogP contribution in [0.4, 0.5) is 11.6 Å². The van der Waals surface area contributed by atoms with Crippen molar-refractivity contribution in [1.82, 2.24) is 19.5 Å². The predicted octanol–water partition coefficient (Wildman–Crippen LogP) is 2.83. The van der Waals surface area contributed by atoms with E-state index in [-0.39, 0.29) is 17.9 Å². The third-order valence-corrected chi connectivity index (χ3v) is 6.01. The molecule has 174 valence electrons. The number of aryl methyl sites for hydroxylation is 1. The Hall–Kier alpha value is -3.98. The fourth-order valence-electron chi connectivity index (χ4n) is 4.15. The molecule has 0 atom stereocenters. The van der Waals surface area contributed by atoms with E-state index in [1.165, 1.54) is 0 Å². The molecule has 1 fully saturated rings. The molecule has 5 rings (SSSR count). The Bertz CT molecular complexity index is 1370. The summed E-state index contributed by atoms with van der Waals surface area (Å²) in [6.07, 6.45) is 2.30. The molecule has 0 saturated carbocycles. The van der Waals surface area contributed by atoms with Gasteiger partial charge in [-0.2, -0.15) is 0 Å². The molecule has 0 bridgehead atoms. The number of hydrogen-bond acceptors (Lipinski definition) is 6. The van der Waals surface area contributed by atoms with E-state index in [1.807, 2.05) is 64.9 Å². The van der Waals surface area contributed by atoms with Crippen LogP contribution < -0.4 is 15.8 Å². The summed E-state index contributed by atoms with van der Waals surface area (Å²) in [6.45, 7) is 4.43. The second-order valence-corrected chi connectivity index (χ2v) is 8.25. The number of anilines is 2. The van der Waals surface area contributed by atoms with Gasteiger partial charge in [0.1, 0.15) is 6.33 Å². The third-order valence-electron chi connectivity index (χ3n) is 6.01. The zero-order valence-electron chi connectivity index (χ0n) is 19.0. The van der Waals surface area contributed by atoms with E-state index in [9.17, 15) is 9.59 Å². The number of para-hydroxylation sites is 2. The first kappa shape index (κ1) is 21.8. The Morgan fingerprint density at radius 3 is 2.65 bits per heavy atom. The van der Waals surface area contributed by atoms with Gasteiger partial charge >= 0.3 is 0 Å². The molecule has 9 nitrogen and oxygen atoms in total. The number of aromatic amines is 1. The maximum atomic E-state index is 12.6. The van der Waals surface area contributed by atoms with Crippen LogP contribution in [-0.2, 0) is 16.0 Å². The molecule has 2 aromatic carbocycles. The van der Waals surface area contributed by atoms with Crippen LogP contribution in [0.1, 0.15) is 17.7 Å². The van der Waals surface area contributed by atoms with Crippen molar-refractivity contribution in [3.8, 4) is 5.69 Å². The SMILES string of the molecule is Cc1nc(N2CCOCC2)[nH]c(=O)c1CCC(=O)Nc1ccc(-n2cnc3ccccc32)cc1. The lowest BCUT2D eigenvalue weighted by Crippen LogP contribution is -2.38. The van der Waals surface area contributed by atoms with E-state index in [1.54, 1.807) is 6.33 Å². The number of hydrogen-bond donors (Lipinski definition) is 2. The quantitative estimate of drug-likeness (QED) is 0.460. The van der Waals surface area contributed by atoms with Gasteiger partial charge in [-0.25, -0.2) is 9.97 Å². The summed E-state index contributed by atoms with van der Waals surface area (Å²) in [6, 6.07) is 15.5. The van der Waals surface area contributed by atoms with Gasteiger partial charge in [0.15, 0.2) is 0 Å². The summed E-state index contributed by atoms with van der Waals surface area (Å²) in [5.41, 5.74) is 4.60. The maximum absolute atomic E-state index is 12.6. The van der Waals surface area contributed by atoms with Crippen molar-refractivity contribution in [2.24, 2.45) is 0 Å². The number of H-pyrrole nitrogens is 1. The van der Waals surface area contributed by atoms with Crippen molar-refractivity contribution in [2.45, 2.75) is 19.8 Å². The molecule has 1 aliphatic rings. The molecule has 0 radical (unpaired) electrons. The number of rotatable bonds is 6. The van der Waals surface area contributed by atoms with Crippen molar-refractivity contribution >= 4 is 28.6 Å².